The molecule has 12 rings (SSSR count). The summed E-state index contributed by atoms with van der Waals surface area (Å²) in [5.74, 6) is 0. The number of para-hydroxylation sites is 4. The molecule has 12 aromatic rings. The van der Waals surface area contributed by atoms with E-state index in [1.54, 1.807) is 0 Å². The van der Waals surface area contributed by atoms with Crippen molar-refractivity contribution in [2.24, 2.45) is 0 Å². The fraction of sp³-hybridized carbons (Fsp3) is 0. The normalized spacial score (nSPS) is 11.9. The zero-order valence-electron chi connectivity index (χ0n) is 30.8. The van der Waals surface area contributed by atoms with E-state index in [1.165, 1.54) is 38.1 Å². The van der Waals surface area contributed by atoms with Crippen LogP contribution in [-0.4, -0.2) is 14.1 Å². The van der Waals surface area contributed by atoms with Gasteiger partial charge in [-0.05, 0) is 71.8 Å². The lowest BCUT2D eigenvalue weighted by molar-refractivity contribution is 0.669. The summed E-state index contributed by atoms with van der Waals surface area (Å²) < 4.78 is 11.3. The summed E-state index contributed by atoms with van der Waals surface area (Å²) in [7, 11) is 0. The Labute approximate surface area is 328 Å². The molecule has 4 nitrogen and oxygen atoms in total. The largest absolute Gasteiger partial charge is 0.456 e. The van der Waals surface area contributed by atoms with Gasteiger partial charge in [0, 0.05) is 55.5 Å². The van der Waals surface area contributed by atoms with E-state index in [0.29, 0.717) is 0 Å². The molecule has 0 saturated heterocycles. The molecular formula is C53H33N3O. The van der Waals surface area contributed by atoms with Crippen LogP contribution in [0.25, 0.3) is 111 Å². The summed E-state index contributed by atoms with van der Waals surface area (Å²) in [6.07, 6.45) is 0. The Hall–Kier alpha value is -7.69. The van der Waals surface area contributed by atoms with Crippen molar-refractivity contribution in [2.75, 3.05) is 0 Å². The van der Waals surface area contributed by atoms with Crippen LogP contribution in [0.3, 0.4) is 0 Å². The molecule has 8 aromatic carbocycles. The minimum atomic E-state index is 0.830. The number of pyridine rings is 1. The van der Waals surface area contributed by atoms with Gasteiger partial charge in [-0.25, -0.2) is 4.98 Å². The summed E-state index contributed by atoms with van der Waals surface area (Å²) in [4.78, 5) is 5.38. The second kappa shape index (κ2) is 12.4. The van der Waals surface area contributed by atoms with Crippen LogP contribution < -0.4 is 0 Å². The van der Waals surface area contributed by atoms with E-state index in [0.717, 1.165) is 72.4 Å². The number of rotatable bonds is 5. The number of nitrogens with zero attached hydrogens (tertiary/aromatic N) is 3. The van der Waals surface area contributed by atoms with Crippen LogP contribution in [0.5, 0.6) is 0 Å². The predicted octanol–water partition coefficient (Wildman–Crippen LogP) is 14.2. The second-order valence-corrected chi connectivity index (χ2v) is 14.7. The molecular weight excluding hydrogens is 695 g/mol. The first kappa shape index (κ1) is 31.6. The number of hydrogen-bond donors (Lipinski definition) is 0. The van der Waals surface area contributed by atoms with E-state index in [-0.39, 0.29) is 0 Å². The van der Waals surface area contributed by atoms with E-state index < -0.39 is 0 Å². The fourth-order valence-corrected chi connectivity index (χ4v) is 9.04. The first-order chi connectivity index (χ1) is 28.3. The third-order valence-corrected chi connectivity index (χ3v) is 11.5. The third-order valence-electron chi connectivity index (χ3n) is 11.5. The van der Waals surface area contributed by atoms with Gasteiger partial charge in [-0.1, -0.05) is 133 Å². The molecule has 4 heterocycles. The molecule has 0 N–H and O–H groups in total. The average molecular weight is 728 g/mol. The molecule has 266 valence electrons. The number of fused-ring (bicyclic) bond motifs is 9. The molecule has 0 unspecified atom stereocenters. The van der Waals surface area contributed by atoms with Gasteiger partial charge in [0.1, 0.15) is 11.2 Å². The van der Waals surface area contributed by atoms with Gasteiger partial charge in [-0.2, -0.15) is 0 Å². The lowest BCUT2D eigenvalue weighted by atomic mass is 9.95. The average Bonchev–Trinajstić information content (AvgIpc) is 3.94. The van der Waals surface area contributed by atoms with Gasteiger partial charge in [-0.3, -0.25) is 0 Å². The number of hydrogen-bond acceptors (Lipinski definition) is 2. The maximum absolute atomic E-state index is 6.49. The van der Waals surface area contributed by atoms with Gasteiger partial charge < -0.3 is 13.6 Å². The van der Waals surface area contributed by atoms with Crippen molar-refractivity contribution in [3.8, 4) is 45.0 Å². The van der Waals surface area contributed by atoms with Crippen molar-refractivity contribution < 1.29 is 4.42 Å². The van der Waals surface area contributed by atoms with Crippen LogP contribution in [0, 0.1) is 0 Å². The van der Waals surface area contributed by atoms with E-state index >= 15 is 0 Å². The van der Waals surface area contributed by atoms with Gasteiger partial charge in [0.2, 0.25) is 0 Å². The SMILES string of the molecule is c1ccc(-c2cc3oc4ccccc4c3c(-c3cccc(-c4cccc5c4c4cc(-n6c7ccccc7c7ccccc76)ccc4n5-c4ccccc4)c3)n2)cc1. The Morgan fingerprint density at radius 1 is 0.351 bits per heavy atom. The highest BCUT2D eigenvalue weighted by Gasteiger charge is 2.21. The van der Waals surface area contributed by atoms with E-state index in [4.69, 9.17) is 9.40 Å². The molecule has 4 aromatic heterocycles. The summed E-state index contributed by atoms with van der Waals surface area (Å²) in [5, 5.41) is 6.99. The standard InChI is InChI=1S/C53H33N3O/c1-3-15-34(16-4-1)44-33-50-52(42-23-9-12-28-49(42)57-50)53(54-44)36-18-13-17-35(31-36)39-24-14-27-48-51(39)43-32-38(29-30-47(43)55(48)37-19-5-2-6-20-37)56-45-25-10-7-21-40(45)41-22-8-11-26-46(41)56/h1-33H. The highest BCUT2D eigenvalue weighted by Crippen LogP contribution is 2.43. The molecule has 0 bridgehead atoms. The molecule has 0 aliphatic rings. The molecule has 0 atom stereocenters. The maximum Gasteiger partial charge on any atom is 0.139 e. The molecule has 4 heteroatoms. The monoisotopic (exact) mass is 727 g/mol. The molecule has 0 radical (unpaired) electrons. The van der Waals surface area contributed by atoms with Crippen molar-refractivity contribution in [1.82, 2.24) is 14.1 Å². The molecule has 0 fully saturated rings. The summed E-state index contributed by atoms with van der Waals surface area (Å²) in [5.41, 5.74) is 14.8. The molecule has 0 amide bonds. The molecule has 0 aliphatic heterocycles. The number of benzene rings is 8. The Bertz CT molecular complexity index is 3460. The summed E-state index contributed by atoms with van der Waals surface area (Å²) in [6, 6.07) is 71.3. The minimum Gasteiger partial charge on any atom is -0.456 e. The quantitative estimate of drug-likeness (QED) is 0.177. The Morgan fingerprint density at radius 2 is 0.947 bits per heavy atom. The van der Waals surface area contributed by atoms with Gasteiger partial charge in [0.25, 0.3) is 0 Å². The van der Waals surface area contributed by atoms with Crippen LogP contribution in [-0.2, 0) is 0 Å². The fourth-order valence-electron chi connectivity index (χ4n) is 9.04. The summed E-state index contributed by atoms with van der Waals surface area (Å²) in [6.45, 7) is 0. The molecule has 0 aliphatic carbocycles. The predicted molar refractivity (Wildman–Crippen MR) is 237 cm³/mol. The highest BCUT2D eigenvalue weighted by atomic mass is 16.3. The zero-order valence-corrected chi connectivity index (χ0v) is 30.8. The van der Waals surface area contributed by atoms with Crippen LogP contribution in [0.4, 0.5) is 0 Å². The highest BCUT2D eigenvalue weighted by molar-refractivity contribution is 6.17. The zero-order chi connectivity index (χ0) is 37.5. The number of aromatic nitrogens is 3. The first-order valence-corrected chi connectivity index (χ1v) is 19.4. The Morgan fingerprint density at radius 3 is 1.74 bits per heavy atom. The van der Waals surface area contributed by atoms with Gasteiger partial charge in [-0.15, -0.1) is 0 Å². The number of furan rings is 1. The van der Waals surface area contributed by atoms with Crippen molar-refractivity contribution in [3.05, 3.63) is 200 Å². The Kier molecular flexibility index (Phi) is 6.89. The van der Waals surface area contributed by atoms with Crippen molar-refractivity contribution in [1.29, 1.82) is 0 Å². The van der Waals surface area contributed by atoms with E-state index in [1.807, 2.05) is 18.2 Å². The van der Waals surface area contributed by atoms with Gasteiger partial charge >= 0.3 is 0 Å². The van der Waals surface area contributed by atoms with Crippen LogP contribution in [0.2, 0.25) is 0 Å². The van der Waals surface area contributed by atoms with Crippen molar-refractivity contribution >= 4 is 65.6 Å². The maximum atomic E-state index is 6.49. The summed E-state index contributed by atoms with van der Waals surface area (Å²) >= 11 is 0. The third kappa shape index (κ3) is 4.84. The molecule has 57 heavy (non-hydrogen) atoms. The topological polar surface area (TPSA) is 35.9 Å². The van der Waals surface area contributed by atoms with Crippen LogP contribution >= 0.6 is 0 Å². The first-order valence-electron chi connectivity index (χ1n) is 19.4. The lowest BCUT2D eigenvalue weighted by Crippen LogP contribution is -1.95. The second-order valence-electron chi connectivity index (χ2n) is 14.7. The van der Waals surface area contributed by atoms with Gasteiger partial charge in [0.05, 0.1) is 38.8 Å². The van der Waals surface area contributed by atoms with E-state index in [9.17, 15) is 0 Å². The van der Waals surface area contributed by atoms with E-state index in [2.05, 4.69) is 191 Å². The van der Waals surface area contributed by atoms with Crippen molar-refractivity contribution in [3.63, 3.8) is 0 Å². The van der Waals surface area contributed by atoms with Gasteiger partial charge in [0.15, 0.2) is 0 Å². The molecule has 0 spiro atoms. The smallest absolute Gasteiger partial charge is 0.139 e. The Balaban J connectivity index is 1.12. The minimum absolute atomic E-state index is 0.830. The van der Waals surface area contributed by atoms with Crippen LogP contribution in [0.15, 0.2) is 205 Å². The lowest BCUT2D eigenvalue weighted by Gasteiger charge is -2.11. The van der Waals surface area contributed by atoms with Crippen molar-refractivity contribution in [2.45, 2.75) is 0 Å². The van der Waals surface area contributed by atoms with Crippen LogP contribution in [0.1, 0.15) is 0 Å². The molecule has 0 saturated carbocycles.